The summed E-state index contributed by atoms with van der Waals surface area (Å²) in [7, 11) is 1.71. The van der Waals surface area contributed by atoms with Gasteiger partial charge in [-0.05, 0) is 51.6 Å². The standard InChI is InChI=1S/C20H19NO/c1-22-17-7-6-13-8-16-9-14-4-2-3-5-18(14)20(12-21)19(16)11-15(13)10-17/h2-8,10-11,20H,9,12,21H2,1H3. The second kappa shape index (κ2) is 5.15. The van der Waals surface area contributed by atoms with Gasteiger partial charge in [-0.1, -0.05) is 42.5 Å². The van der Waals surface area contributed by atoms with Crippen LogP contribution in [0.5, 0.6) is 5.75 Å². The van der Waals surface area contributed by atoms with E-state index >= 15 is 0 Å². The molecule has 1 unspecified atom stereocenters. The Morgan fingerprint density at radius 1 is 0.955 bits per heavy atom. The summed E-state index contributed by atoms with van der Waals surface area (Å²) in [5, 5.41) is 2.48. The van der Waals surface area contributed by atoms with Gasteiger partial charge in [0, 0.05) is 12.5 Å². The number of ether oxygens (including phenoxy) is 1. The lowest BCUT2D eigenvalue weighted by molar-refractivity contribution is 0.415. The van der Waals surface area contributed by atoms with Gasteiger partial charge in [-0.3, -0.25) is 0 Å². The molecule has 0 heterocycles. The van der Waals surface area contributed by atoms with Crippen LogP contribution in [0.15, 0.2) is 54.6 Å². The first-order valence-electron chi connectivity index (χ1n) is 7.68. The van der Waals surface area contributed by atoms with Gasteiger partial charge in [-0.25, -0.2) is 0 Å². The van der Waals surface area contributed by atoms with Crippen LogP contribution >= 0.6 is 0 Å². The predicted molar refractivity (Wildman–Crippen MR) is 90.6 cm³/mol. The van der Waals surface area contributed by atoms with Crippen LogP contribution < -0.4 is 10.5 Å². The van der Waals surface area contributed by atoms with E-state index in [0.29, 0.717) is 6.54 Å². The zero-order chi connectivity index (χ0) is 15.1. The van der Waals surface area contributed by atoms with Crippen molar-refractivity contribution in [2.24, 2.45) is 5.73 Å². The predicted octanol–water partition coefficient (Wildman–Crippen LogP) is 3.84. The molecule has 2 N–H and O–H groups in total. The molecule has 110 valence electrons. The summed E-state index contributed by atoms with van der Waals surface area (Å²) in [6.07, 6.45) is 0.990. The van der Waals surface area contributed by atoms with Gasteiger partial charge >= 0.3 is 0 Å². The molecule has 0 saturated heterocycles. The van der Waals surface area contributed by atoms with Crippen LogP contribution in [0.3, 0.4) is 0 Å². The van der Waals surface area contributed by atoms with Gasteiger partial charge in [-0.2, -0.15) is 0 Å². The van der Waals surface area contributed by atoms with E-state index in [1.54, 1.807) is 7.11 Å². The minimum atomic E-state index is 0.288. The first-order valence-corrected chi connectivity index (χ1v) is 7.68. The van der Waals surface area contributed by atoms with E-state index in [0.717, 1.165) is 12.2 Å². The zero-order valence-electron chi connectivity index (χ0n) is 12.7. The highest BCUT2D eigenvalue weighted by Crippen LogP contribution is 2.38. The number of fused-ring (bicyclic) bond motifs is 3. The second-order valence-corrected chi connectivity index (χ2v) is 5.93. The van der Waals surface area contributed by atoms with Gasteiger partial charge in [0.25, 0.3) is 0 Å². The van der Waals surface area contributed by atoms with Crippen LogP contribution in [0, 0.1) is 0 Å². The number of methoxy groups -OCH3 is 1. The van der Waals surface area contributed by atoms with Crippen LogP contribution in [0.25, 0.3) is 10.8 Å². The van der Waals surface area contributed by atoms with E-state index in [-0.39, 0.29) is 5.92 Å². The van der Waals surface area contributed by atoms with Crippen molar-refractivity contribution in [3.05, 3.63) is 76.9 Å². The van der Waals surface area contributed by atoms with Crippen molar-refractivity contribution < 1.29 is 4.74 Å². The van der Waals surface area contributed by atoms with Crippen molar-refractivity contribution in [1.82, 2.24) is 0 Å². The Labute approximate surface area is 130 Å². The molecule has 0 aliphatic heterocycles. The van der Waals surface area contributed by atoms with Crippen molar-refractivity contribution in [2.75, 3.05) is 13.7 Å². The van der Waals surface area contributed by atoms with Crippen LogP contribution in [0.1, 0.15) is 28.2 Å². The average Bonchev–Trinajstić information content (AvgIpc) is 2.57. The molecule has 2 nitrogen and oxygen atoms in total. The van der Waals surface area contributed by atoms with Gasteiger partial charge in [0.1, 0.15) is 5.75 Å². The fourth-order valence-corrected chi connectivity index (χ4v) is 3.61. The first-order chi connectivity index (χ1) is 10.8. The number of benzene rings is 3. The van der Waals surface area contributed by atoms with Crippen LogP contribution in [-0.2, 0) is 6.42 Å². The van der Waals surface area contributed by atoms with Crippen LogP contribution in [0.4, 0.5) is 0 Å². The van der Waals surface area contributed by atoms with Crippen LogP contribution in [-0.4, -0.2) is 13.7 Å². The molecule has 0 aromatic heterocycles. The number of rotatable bonds is 2. The summed E-state index contributed by atoms with van der Waals surface area (Å²) in [5.74, 6) is 1.18. The summed E-state index contributed by atoms with van der Waals surface area (Å²) < 4.78 is 5.35. The van der Waals surface area contributed by atoms with E-state index in [2.05, 4.69) is 48.5 Å². The molecule has 3 aromatic rings. The number of nitrogens with two attached hydrogens (primary N) is 1. The summed E-state index contributed by atoms with van der Waals surface area (Å²) in [5.41, 5.74) is 11.6. The van der Waals surface area contributed by atoms with E-state index < -0.39 is 0 Å². The molecule has 0 spiro atoms. The van der Waals surface area contributed by atoms with Crippen LogP contribution in [0.2, 0.25) is 0 Å². The van der Waals surface area contributed by atoms with Gasteiger partial charge in [-0.15, -0.1) is 0 Å². The second-order valence-electron chi connectivity index (χ2n) is 5.93. The molecule has 0 radical (unpaired) electrons. The van der Waals surface area contributed by atoms with E-state index in [1.807, 2.05) is 6.07 Å². The van der Waals surface area contributed by atoms with Crippen molar-refractivity contribution in [3.63, 3.8) is 0 Å². The molecular weight excluding hydrogens is 270 g/mol. The molecule has 3 aromatic carbocycles. The lowest BCUT2D eigenvalue weighted by atomic mass is 9.77. The Hall–Kier alpha value is -2.32. The van der Waals surface area contributed by atoms with E-state index in [9.17, 15) is 0 Å². The first kappa shape index (κ1) is 13.4. The molecule has 1 aliphatic carbocycles. The quantitative estimate of drug-likeness (QED) is 0.778. The molecule has 0 fully saturated rings. The maximum Gasteiger partial charge on any atom is 0.119 e. The Bertz CT molecular complexity index is 853. The third kappa shape index (κ3) is 1.99. The zero-order valence-corrected chi connectivity index (χ0v) is 12.7. The monoisotopic (exact) mass is 289 g/mol. The highest BCUT2D eigenvalue weighted by molar-refractivity contribution is 5.86. The summed E-state index contributed by atoms with van der Waals surface area (Å²) in [6.45, 7) is 0.638. The molecule has 0 amide bonds. The Kier molecular flexibility index (Phi) is 3.12. The van der Waals surface area contributed by atoms with Gasteiger partial charge in [0.15, 0.2) is 0 Å². The minimum absolute atomic E-state index is 0.288. The van der Waals surface area contributed by atoms with Crippen molar-refractivity contribution in [2.45, 2.75) is 12.3 Å². The fraction of sp³-hybridized carbons (Fsp3) is 0.200. The van der Waals surface area contributed by atoms with Gasteiger partial charge < -0.3 is 10.5 Å². The van der Waals surface area contributed by atoms with E-state index in [1.165, 1.54) is 33.0 Å². The van der Waals surface area contributed by atoms with Crippen molar-refractivity contribution in [3.8, 4) is 5.75 Å². The lowest BCUT2D eigenvalue weighted by Gasteiger charge is -2.28. The third-order valence-corrected chi connectivity index (χ3v) is 4.73. The lowest BCUT2D eigenvalue weighted by Crippen LogP contribution is -2.21. The molecule has 1 atom stereocenters. The number of hydrogen-bond donors (Lipinski definition) is 1. The van der Waals surface area contributed by atoms with E-state index in [4.69, 9.17) is 10.5 Å². The topological polar surface area (TPSA) is 35.2 Å². The molecule has 4 rings (SSSR count). The summed E-state index contributed by atoms with van der Waals surface area (Å²) >= 11 is 0. The summed E-state index contributed by atoms with van der Waals surface area (Å²) in [6, 6.07) is 19.5. The number of hydrogen-bond acceptors (Lipinski definition) is 2. The van der Waals surface area contributed by atoms with Crippen molar-refractivity contribution in [1.29, 1.82) is 0 Å². The SMILES string of the molecule is COc1ccc2cc3c(cc2c1)C(CN)c1ccccc1C3. The largest absolute Gasteiger partial charge is 0.497 e. The summed E-state index contributed by atoms with van der Waals surface area (Å²) in [4.78, 5) is 0. The minimum Gasteiger partial charge on any atom is -0.497 e. The molecule has 2 heteroatoms. The molecule has 1 aliphatic rings. The highest BCUT2D eigenvalue weighted by atomic mass is 16.5. The normalized spacial score (nSPS) is 16.2. The Morgan fingerprint density at radius 3 is 2.64 bits per heavy atom. The molecular formula is C20H19NO. The highest BCUT2D eigenvalue weighted by Gasteiger charge is 2.24. The third-order valence-electron chi connectivity index (χ3n) is 4.73. The Balaban J connectivity index is 1.93. The molecule has 0 saturated carbocycles. The van der Waals surface area contributed by atoms with Gasteiger partial charge in [0.05, 0.1) is 7.11 Å². The smallest absolute Gasteiger partial charge is 0.119 e. The fourth-order valence-electron chi connectivity index (χ4n) is 3.61. The van der Waals surface area contributed by atoms with Gasteiger partial charge in [0.2, 0.25) is 0 Å². The molecule has 0 bridgehead atoms. The average molecular weight is 289 g/mol. The Morgan fingerprint density at radius 2 is 1.82 bits per heavy atom. The maximum absolute atomic E-state index is 6.11. The molecule has 22 heavy (non-hydrogen) atoms. The van der Waals surface area contributed by atoms with Crippen molar-refractivity contribution >= 4 is 10.8 Å². The maximum atomic E-state index is 6.11.